The van der Waals surface area contributed by atoms with E-state index in [9.17, 15) is 0 Å². The molecule has 2 heterocycles. The third-order valence-electron chi connectivity index (χ3n) is 3.74. The average molecular weight is 249 g/mol. The van der Waals surface area contributed by atoms with Gasteiger partial charge in [0.25, 0.3) is 0 Å². The summed E-state index contributed by atoms with van der Waals surface area (Å²) in [5.74, 6) is 0.975. The Hall–Kier alpha value is -1.13. The van der Waals surface area contributed by atoms with Crippen molar-refractivity contribution in [1.82, 2.24) is 15.2 Å². The van der Waals surface area contributed by atoms with Gasteiger partial charge < -0.3 is 10.1 Å². The lowest BCUT2D eigenvalue weighted by molar-refractivity contribution is 0.163. The van der Waals surface area contributed by atoms with Crippen molar-refractivity contribution in [2.75, 3.05) is 26.7 Å². The van der Waals surface area contributed by atoms with Gasteiger partial charge in [-0.1, -0.05) is 0 Å². The first kappa shape index (κ1) is 13.3. The van der Waals surface area contributed by atoms with Gasteiger partial charge in [-0.05, 0) is 20.8 Å². The standard InChI is InChI=1S/C14H23N3O/c1-10-7-16-13(12(3)14(10)18-4)9-17-6-5-15-8-11(17)2/h7,11,15H,5-6,8-9H2,1-4H3/t11-/m1/s1. The Bertz CT molecular complexity index is 420. The van der Waals surface area contributed by atoms with Gasteiger partial charge in [-0.25, -0.2) is 0 Å². The molecule has 2 rings (SSSR count). The summed E-state index contributed by atoms with van der Waals surface area (Å²) >= 11 is 0. The van der Waals surface area contributed by atoms with Gasteiger partial charge in [-0.15, -0.1) is 0 Å². The lowest BCUT2D eigenvalue weighted by Gasteiger charge is -2.34. The number of aryl methyl sites for hydroxylation is 1. The SMILES string of the molecule is COc1c(C)cnc(CN2CCNC[C@H]2C)c1C. The third kappa shape index (κ3) is 2.65. The fourth-order valence-corrected chi connectivity index (χ4v) is 2.54. The van der Waals surface area contributed by atoms with Crippen LogP contribution in [0.2, 0.25) is 0 Å². The molecule has 0 unspecified atom stereocenters. The molecule has 0 bridgehead atoms. The minimum absolute atomic E-state index is 0.562. The number of hydrogen-bond acceptors (Lipinski definition) is 4. The van der Waals surface area contributed by atoms with Gasteiger partial charge in [0.15, 0.2) is 0 Å². The molecule has 18 heavy (non-hydrogen) atoms. The smallest absolute Gasteiger partial charge is 0.128 e. The Labute approximate surface area is 109 Å². The zero-order valence-electron chi connectivity index (χ0n) is 11.8. The van der Waals surface area contributed by atoms with Crippen molar-refractivity contribution in [1.29, 1.82) is 0 Å². The molecule has 1 aliphatic rings. The summed E-state index contributed by atoms with van der Waals surface area (Å²) in [5, 5.41) is 3.41. The number of hydrogen-bond donors (Lipinski definition) is 1. The van der Waals surface area contributed by atoms with Crippen LogP contribution >= 0.6 is 0 Å². The Morgan fingerprint density at radius 3 is 2.94 bits per heavy atom. The summed E-state index contributed by atoms with van der Waals surface area (Å²) in [6, 6.07) is 0.562. The molecule has 1 N–H and O–H groups in total. The quantitative estimate of drug-likeness (QED) is 0.881. The van der Waals surface area contributed by atoms with Crippen molar-refractivity contribution in [3.8, 4) is 5.75 Å². The first-order valence-corrected chi connectivity index (χ1v) is 6.57. The summed E-state index contributed by atoms with van der Waals surface area (Å²) in [6.45, 7) is 10.5. The van der Waals surface area contributed by atoms with Crippen molar-refractivity contribution < 1.29 is 4.74 Å². The van der Waals surface area contributed by atoms with Crippen LogP contribution < -0.4 is 10.1 Å². The Morgan fingerprint density at radius 2 is 2.28 bits per heavy atom. The molecule has 0 aromatic carbocycles. The number of piperazine rings is 1. The molecular formula is C14H23N3O. The van der Waals surface area contributed by atoms with Crippen LogP contribution in [-0.2, 0) is 6.54 Å². The third-order valence-corrected chi connectivity index (χ3v) is 3.74. The average Bonchev–Trinajstić information content (AvgIpc) is 2.36. The number of aromatic nitrogens is 1. The minimum atomic E-state index is 0.562. The van der Waals surface area contributed by atoms with Gasteiger partial charge in [0.05, 0.1) is 12.8 Å². The Morgan fingerprint density at radius 1 is 1.50 bits per heavy atom. The normalized spacial score (nSPS) is 21.0. The highest BCUT2D eigenvalue weighted by molar-refractivity contribution is 5.41. The molecule has 0 aliphatic carbocycles. The molecule has 1 saturated heterocycles. The molecule has 1 aromatic rings. The van der Waals surface area contributed by atoms with Crippen LogP contribution in [0.25, 0.3) is 0 Å². The predicted octanol–water partition coefficient (Wildman–Crippen LogP) is 1.50. The van der Waals surface area contributed by atoms with E-state index in [2.05, 4.69) is 29.0 Å². The van der Waals surface area contributed by atoms with Gasteiger partial charge in [-0.3, -0.25) is 9.88 Å². The maximum Gasteiger partial charge on any atom is 0.128 e. The van der Waals surface area contributed by atoms with Crippen LogP contribution in [0, 0.1) is 13.8 Å². The maximum absolute atomic E-state index is 5.46. The fraction of sp³-hybridized carbons (Fsp3) is 0.643. The molecule has 0 amide bonds. The first-order chi connectivity index (χ1) is 8.63. The molecule has 0 radical (unpaired) electrons. The highest BCUT2D eigenvalue weighted by Crippen LogP contribution is 2.25. The molecular weight excluding hydrogens is 226 g/mol. The number of nitrogens with zero attached hydrogens (tertiary/aromatic N) is 2. The van der Waals surface area contributed by atoms with Gasteiger partial charge in [0, 0.05) is 49.5 Å². The second kappa shape index (κ2) is 5.67. The largest absolute Gasteiger partial charge is 0.496 e. The van der Waals surface area contributed by atoms with Gasteiger partial charge in [-0.2, -0.15) is 0 Å². The molecule has 1 fully saturated rings. The van der Waals surface area contributed by atoms with Crippen LogP contribution in [0.4, 0.5) is 0 Å². The second-order valence-electron chi connectivity index (χ2n) is 5.07. The number of nitrogens with one attached hydrogen (secondary N) is 1. The Kier molecular flexibility index (Phi) is 4.19. The van der Waals surface area contributed by atoms with E-state index >= 15 is 0 Å². The number of pyridine rings is 1. The van der Waals surface area contributed by atoms with Crippen molar-refractivity contribution in [3.05, 3.63) is 23.0 Å². The summed E-state index contributed by atoms with van der Waals surface area (Å²) in [5.41, 5.74) is 3.40. The van der Waals surface area contributed by atoms with Gasteiger partial charge in [0.1, 0.15) is 5.75 Å². The predicted molar refractivity (Wildman–Crippen MR) is 73.0 cm³/mol. The van der Waals surface area contributed by atoms with Crippen LogP contribution in [0.5, 0.6) is 5.75 Å². The molecule has 0 spiro atoms. The van der Waals surface area contributed by atoms with Crippen LogP contribution in [0.1, 0.15) is 23.7 Å². The van der Waals surface area contributed by atoms with Crippen molar-refractivity contribution >= 4 is 0 Å². The highest BCUT2D eigenvalue weighted by atomic mass is 16.5. The van der Waals surface area contributed by atoms with E-state index in [0.29, 0.717) is 6.04 Å². The summed E-state index contributed by atoms with van der Waals surface area (Å²) < 4.78 is 5.46. The van der Waals surface area contributed by atoms with Crippen molar-refractivity contribution in [2.45, 2.75) is 33.4 Å². The number of rotatable bonds is 3. The van der Waals surface area contributed by atoms with Gasteiger partial charge >= 0.3 is 0 Å². The molecule has 4 heteroatoms. The van der Waals surface area contributed by atoms with E-state index in [1.54, 1.807) is 7.11 Å². The van der Waals surface area contributed by atoms with E-state index in [-0.39, 0.29) is 0 Å². The summed E-state index contributed by atoms with van der Waals surface area (Å²) in [6.07, 6.45) is 1.91. The van der Waals surface area contributed by atoms with Crippen molar-refractivity contribution in [3.63, 3.8) is 0 Å². The van der Waals surface area contributed by atoms with Gasteiger partial charge in [0.2, 0.25) is 0 Å². The zero-order chi connectivity index (χ0) is 13.1. The van der Waals surface area contributed by atoms with E-state index in [1.165, 1.54) is 5.56 Å². The second-order valence-corrected chi connectivity index (χ2v) is 5.07. The van der Waals surface area contributed by atoms with Crippen LogP contribution in [0.15, 0.2) is 6.20 Å². The van der Waals surface area contributed by atoms with Crippen molar-refractivity contribution in [2.24, 2.45) is 0 Å². The van der Waals surface area contributed by atoms with Crippen LogP contribution in [-0.4, -0.2) is 42.7 Å². The lowest BCUT2D eigenvalue weighted by atomic mass is 10.1. The minimum Gasteiger partial charge on any atom is -0.496 e. The molecule has 0 saturated carbocycles. The van der Waals surface area contributed by atoms with E-state index in [0.717, 1.165) is 43.2 Å². The lowest BCUT2D eigenvalue weighted by Crippen LogP contribution is -2.49. The van der Waals surface area contributed by atoms with E-state index in [4.69, 9.17) is 4.74 Å². The topological polar surface area (TPSA) is 37.4 Å². The molecule has 100 valence electrons. The van der Waals surface area contributed by atoms with E-state index in [1.807, 2.05) is 13.1 Å². The maximum atomic E-state index is 5.46. The monoisotopic (exact) mass is 249 g/mol. The Balaban J connectivity index is 2.18. The highest BCUT2D eigenvalue weighted by Gasteiger charge is 2.20. The fourth-order valence-electron chi connectivity index (χ4n) is 2.54. The van der Waals surface area contributed by atoms with E-state index < -0.39 is 0 Å². The molecule has 1 aromatic heterocycles. The number of methoxy groups -OCH3 is 1. The molecule has 4 nitrogen and oxygen atoms in total. The van der Waals surface area contributed by atoms with Crippen LogP contribution in [0.3, 0.4) is 0 Å². The summed E-state index contributed by atoms with van der Waals surface area (Å²) in [4.78, 5) is 7.05. The first-order valence-electron chi connectivity index (χ1n) is 6.57. The number of ether oxygens (including phenoxy) is 1. The summed E-state index contributed by atoms with van der Waals surface area (Å²) in [7, 11) is 1.73. The zero-order valence-corrected chi connectivity index (χ0v) is 11.8. The molecule has 1 aliphatic heterocycles. The molecule has 1 atom stereocenters.